The Morgan fingerprint density at radius 3 is 2.88 bits per heavy atom. The number of hydrogen-bond acceptors (Lipinski definition) is 2. The normalized spacial score (nSPS) is 11.2. The van der Waals surface area contributed by atoms with E-state index in [1.165, 1.54) is 22.2 Å². The molecule has 0 atom stereocenters. The monoisotopic (exact) mass is 248 g/mol. The van der Waals surface area contributed by atoms with Crippen molar-refractivity contribution >= 4 is 22.7 Å². The first-order chi connectivity index (χ1) is 8.36. The van der Waals surface area contributed by atoms with Crippen molar-refractivity contribution in [2.24, 2.45) is 0 Å². The summed E-state index contributed by atoms with van der Waals surface area (Å²) >= 11 is 1.90. The van der Waals surface area contributed by atoms with Crippen molar-refractivity contribution in [2.75, 3.05) is 25.6 Å². The van der Waals surface area contributed by atoms with Gasteiger partial charge in [-0.25, -0.2) is 0 Å². The number of thioether (sulfide) groups is 1. The summed E-state index contributed by atoms with van der Waals surface area (Å²) in [6, 6.07) is 8.71. The molecule has 1 aromatic heterocycles. The molecule has 0 radical (unpaired) electrons. The van der Waals surface area contributed by atoms with Crippen LogP contribution in [0.25, 0.3) is 10.9 Å². The number of nitrogens with zero attached hydrogens (tertiary/aromatic N) is 1. The average molecular weight is 248 g/mol. The van der Waals surface area contributed by atoms with Crippen molar-refractivity contribution in [3.05, 3.63) is 36.0 Å². The Bertz CT molecular complexity index is 434. The lowest BCUT2D eigenvalue weighted by Gasteiger charge is -2.02. The molecule has 0 spiro atoms. The zero-order valence-electron chi connectivity index (χ0n) is 10.6. The number of benzene rings is 1. The van der Waals surface area contributed by atoms with Gasteiger partial charge in [-0.05, 0) is 37.9 Å². The topological polar surface area (TPSA) is 17.0 Å². The van der Waals surface area contributed by atoms with E-state index < -0.39 is 0 Å². The van der Waals surface area contributed by atoms with Crippen LogP contribution in [-0.2, 0) is 13.0 Å². The number of nitrogens with one attached hydrogen (secondary N) is 1. The van der Waals surface area contributed by atoms with Crippen LogP contribution < -0.4 is 5.32 Å². The lowest BCUT2D eigenvalue weighted by Crippen LogP contribution is -2.10. The SMILES string of the molecule is CNCCc1cn(CCSC)c2ccccc12. The maximum absolute atomic E-state index is 3.22. The van der Waals surface area contributed by atoms with Gasteiger partial charge in [0.2, 0.25) is 0 Å². The van der Waals surface area contributed by atoms with Crippen LogP contribution in [0, 0.1) is 0 Å². The van der Waals surface area contributed by atoms with Crippen LogP contribution in [0.1, 0.15) is 5.56 Å². The van der Waals surface area contributed by atoms with E-state index in [0.717, 1.165) is 19.5 Å². The molecule has 0 aliphatic carbocycles. The van der Waals surface area contributed by atoms with Crippen LogP contribution >= 0.6 is 11.8 Å². The molecular weight excluding hydrogens is 228 g/mol. The molecule has 0 saturated heterocycles. The molecule has 0 unspecified atom stereocenters. The van der Waals surface area contributed by atoms with Crippen molar-refractivity contribution in [1.82, 2.24) is 9.88 Å². The van der Waals surface area contributed by atoms with Crippen LogP contribution in [-0.4, -0.2) is 30.2 Å². The van der Waals surface area contributed by atoms with Gasteiger partial charge in [-0.15, -0.1) is 0 Å². The van der Waals surface area contributed by atoms with Gasteiger partial charge in [0.25, 0.3) is 0 Å². The summed E-state index contributed by atoms with van der Waals surface area (Å²) in [4.78, 5) is 0. The molecule has 1 N–H and O–H groups in total. The lowest BCUT2D eigenvalue weighted by molar-refractivity contribution is 0.775. The van der Waals surface area contributed by atoms with Gasteiger partial charge in [-0.3, -0.25) is 0 Å². The third-order valence-corrected chi connectivity index (χ3v) is 3.64. The number of rotatable bonds is 6. The Labute approximate surface area is 107 Å². The Balaban J connectivity index is 2.32. The second-order valence-corrected chi connectivity index (χ2v) is 5.20. The zero-order chi connectivity index (χ0) is 12.1. The molecule has 1 heterocycles. The molecule has 2 aromatic rings. The summed E-state index contributed by atoms with van der Waals surface area (Å²) in [5, 5.41) is 4.63. The summed E-state index contributed by atoms with van der Waals surface area (Å²) in [6.45, 7) is 2.14. The lowest BCUT2D eigenvalue weighted by atomic mass is 10.1. The molecule has 0 fully saturated rings. The predicted molar refractivity (Wildman–Crippen MR) is 78.0 cm³/mol. The number of para-hydroxylation sites is 1. The number of aromatic nitrogens is 1. The molecule has 2 rings (SSSR count). The van der Waals surface area contributed by atoms with Gasteiger partial charge < -0.3 is 9.88 Å². The minimum absolute atomic E-state index is 1.04. The van der Waals surface area contributed by atoms with E-state index in [9.17, 15) is 0 Å². The van der Waals surface area contributed by atoms with Crippen LogP contribution in [0.4, 0.5) is 0 Å². The average Bonchev–Trinajstić information content (AvgIpc) is 2.72. The Hall–Kier alpha value is -0.930. The third kappa shape index (κ3) is 2.85. The van der Waals surface area contributed by atoms with Gasteiger partial charge in [0, 0.05) is 29.4 Å². The largest absolute Gasteiger partial charge is 0.346 e. The molecule has 0 bridgehead atoms. The molecular formula is C14H20N2S. The Morgan fingerprint density at radius 2 is 2.12 bits per heavy atom. The quantitative estimate of drug-likeness (QED) is 0.846. The Morgan fingerprint density at radius 1 is 1.29 bits per heavy atom. The van der Waals surface area contributed by atoms with E-state index in [1.807, 2.05) is 18.8 Å². The van der Waals surface area contributed by atoms with Crippen LogP contribution in [0.5, 0.6) is 0 Å². The summed E-state index contributed by atoms with van der Waals surface area (Å²) in [6.07, 6.45) is 5.58. The number of fused-ring (bicyclic) bond motifs is 1. The molecule has 0 aliphatic rings. The standard InChI is InChI=1S/C14H20N2S/c1-15-8-7-12-11-16(9-10-17-2)14-6-4-3-5-13(12)14/h3-6,11,15H,7-10H2,1-2H3. The summed E-state index contributed by atoms with van der Waals surface area (Å²) < 4.78 is 2.39. The van der Waals surface area contributed by atoms with Crippen LogP contribution in [0.2, 0.25) is 0 Å². The maximum Gasteiger partial charge on any atom is 0.0483 e. The van der Waals surface area contributed by atoms with Gasteiger partial charge in [-0.1, -0.05) is 18.2 Å². The highest BCUT2D eigenvalue weighted by molar-refractivity contribution is 7.98. The molecule has 0 saturated carbocycles. The number of hydrogen-bond donors (Lipinski definition) is 1. The van der Waals surface area contributed by atoms with E-state index in [1.54, 1.807) is 0 Å². The number of aryl methyl sites for hydroxylation is 1. The summed E-state index contributed by atoms with van der Waals surface area (Å²) in [5.74, 6) is 1.17. The van der Waals surface area contributed by atoms with Crippen molar-refractivity contribution in [3.63, 3.8) is 0 Å². The molecule has 0 aliphatic heterocycles. The summed E-state index contributed by atoms with van der Waals surface area (Å²) in [5.41, 5.74) is 2.82. The smallest absolute Gasteiger partial charge is 0.0483 e. The molecule has 3 heteroatoms. The highest BCUT2D eigenvalue weighted by Gasteiger charge is 2.06. The van der Waals surface area contributed by atoms with Gasteiger partial charge >= 0.3 is 0 Å². The van der Waals surface area contributed by atoms with Crippen molar-refractivity contribution in [3.8, 4) is 0 Å². The van der Waals surface area contributed by atoms with E-state index in [0.29, 0.717) is 0 Å². The minimum Gasteiger partial charge on any atom is -0.346 e. The molecule has 1 aromatic carbocycles. The summed E-state index contributed by atoms with van der Waals surface area (Å²) in [7, 11) is 2.01. The predicted octanol–water partition coefficient (Wildman–Crippen LogP) is 2.77. The van der Waals surface area contributed by atoms with E-state index >= 15 is 0 Å². The van der Waals surface area contributed by atoms with Gasteiger partial charge in [0.1, 0.15) is 0 Å². The molecule has 92 valence electrons. The first kappa shape index (κ1) is 12.5. The molecule has 0 amide bonds. The van der Waals surface area contributed by atoms with Crippen molar-refractivity contribution < 1.29 is 0 Å². The van der Waals surface area contributed by atoms with Gasteiger partial charge in [-0.2, -0.15) is 11.8 Å². The zero-order valence-corrected chi connectivity index (χ0v) is 11.4. The second-order valence-electron chi connectivity index (χ2n) is 4.21. The highest BCUT2D eigenvalue weighted by Crippen LogP contribution is 2.21. The fourth-order valence-corrected chi connectivity index (χ4v) is 2.54. The van der Waals surface area contributed by atoms with E-state index in [2.05, 4.69) is 46.6 Å². The van der Waals surface area contributed by atoms with Gasteiger partial charge in [0.05, 0.1) is 0 Å². The fraction of sp³-hybridized carbons (Fsp3) is 0.429. The highest BCUT2D eigenvalue weighted by atomic mass is 32.2. The van der Waals surface area contributed by atoms with Gasteiger partial charge in [0.15, 0.2) is 0 Å². The van der Waals surface area contributed by atoms with Crippen molar-refractivity contribution in [2.45, 2.75) is 13.0 Å². The van der Waals surface area contributed by atoms with E-state index in [4.69, 9.17) is 0 Å². The van der Waals surface area contributed by atoms with E-state index in [-0.39, 0.29) is 0 Å². The van der Waals surface area contributed by atoms with Crippen molar-refractivity contribution in [1.29, 1.82) is 0 Å². The first-order valence-corrected chi connectivity index (χ1v) is 7.46. The van der Waals surface area contributed by atoms with Crippen LogP contribution in [0.15, 0.2) is 30.5 Å². The molecule has 17 heavy (non-hydrogen) atoms. The number of likely N-dealkylation sites (N-methyl/N-ethyl adjacent to an activating group) is 1. The third-order valence-electron chi connectivity index (χ3n) is 3.05. The van der Waals surface area contributed by atoms with Crippen LogP contribution in [0.3, 0.4) is 0 Å². The minimum atomic E-state index is 1.04. The maximum atomic E-state index is 3.22. The second kappa shape index (κ2) is 6.12. The first-order valence-electron chi connectivity index (χ1n) is 6.07. The molecule has 2 nitrogen and oxygen atoms in total. The fourth-order valence-electron chi connectivity index (χ4n) is 2.16. The Kier molecular flexibility index (Phi) is 4.51.